The molecule has 90 valence electrons. The monoisotopic (exact) mass is 315 g/mol. The van der Waals surface area contributed by atoms with E-state index in [1.807, 2.05) is 13.8 Å². The zero-order valence-corrected chi connectivity index (χ0v) is 11.8. The Morgan fingerprint density at radius 3 is 2.71 bits per heavy atom. The molecule has 5 heteroatoms. The van der Waals surface area contributed by atoms with E-state index in [1.165, 1.54) is 17.4 Å². The first-order valence-electron chi connectivity index (χ1n) is 5.06. The molecule has 1 N–H and O–H groups in total. The molecule has 0 saturated heterocycles. The van der Waals surface area contributed by atoms with E-state index < -0.39 is 11.9 Å². The highest BCUT2D eigenvalue weighted by molar-refractivity contribution is 9.10. The molecule has 0 spiro atoms. The largest absolute Gasteiger partial charge is 0.383 e. The summed E-state index contributed by atoms with van der Waals surface area (Å²) in [5.41, 5.74) is 1.02. The van der Waals surface area contributed by atoms with Crippen LogP contribution in [0, 0.1) is 19.7 Å². The van der Waals surface area contributed by atoms with Crippen molar-refractivity contribution in [2.24, 2.45) is 0 Å². The third kappa shape index (κ3) is 2.56. The van der Waals surface area contributed by atoms with Gasteiger partial charge in [-0.15, -0.1) is 11.3 Å². The summed E-state index contributed by atoms with van der Waals surface area (Å²) < 4.78 is 14.4. The molecule has 1 aromatic heterocycles. The number of nitrogens with zero attached hydrogens (tertiary/aromatic N) is 1. The Morgan fingerprint density at radius 2 is 2.12 bits per heavy atom. The summed E-state index contributed by atoms with van der Waals surface area (Å²) in [6.45, 7) is 3.68. The zero-order valence-electron chi connectivity index (χ0n) is 9.37. The molecule has 2 rings (SSSR count). The van der Waals surface area contributed by atoms with E-state index in [4.69, 9.17) is 0 Å². The summed E-state index contributed by atoms with van der Waals surface area (Å²) in [5, 5.41) is 11.1. The highest BCUT2D eigenvalue weighted by Gasteiger charge is 2.20. The smallest absolute Gasteiger partial charge is 0.129 e. The Balaban J connectivity index is 2.46. The molecule has 1 atom stereocenters. The van der Waals surface area contributed by atoms with Crippen molar-refractivity contribution in [2.45, 2.75) is 20.0 Å². The fraction of sp³-hybridized carbons (Fsp3) is 0.250. The van der Waals surface area contributed by atoms with Crippen LogP contribution in [0.25, 0.3) is 0 Å². The van der Waals surface area contributed by atoms with Gasteiger partial charge in [-0.05, 0) is 32.0 Å². The number of thiazole rings is 1. The Bertz CT molecular complexity index is 555. The number of rotatable bonds is 2. The van der Waals surface area contributed by atoms with Crippen LogP contribution in [0.1, 0.15) is 27.2 Å². The van der Waals surface area contributed by atoms with E-state index in [9.17, 15) is 9.50 Å². The van der Waals surface area contributed by atoms with Crippen molar-refractivity contribution < 1.29 is 9.50 Å². The van der Waals surface area contributed by atoms with Crippen LogP contribution >= 0.6 is 27.3 Å². The molecule has 17 heavy (non-hydrogen) atoms. The molecule has 1 aromatic carbocycles. The van der Waals surface area contributed by atoms with Gasteiger partial charge in [0.05, 0.1) is 15.6 Å². The highest BCUT2D eigenvalue weighted by atomic mass is 79.9. The van der Waals surface area contributed by atoms with Gasteiger partial charge in [0.15, 0.2) is 0 Å². The summed E-state index contributed by atoms with van der Waals surface area (Å²) >= 11 is 4.66. The van der Waals surface area contributed by atoms with E-state index in [1.54, 1.807) is 12.1 Å². The van der Waals surface area contributed by atoms with Gasteiger partial charge >= 0.3 is 0 Å². The molecule has 0 aliphatic heterocycles. The lowest BCUT2D eigenvalue weighted by atomic mass is 10.1. The molecule has 0 bridgehead atoms. The second-order valence-corrected chi connectivity index (χ2v) is 5.90. The minimum absolute atomic E-state index is 0.270. The second-order valence-electron chi connectivity index (χ2n) is 3.75. The first-order chi connectivity index (χ1) is 7.99. The van der Waals surface area contributed by atoms with Crippen LogP contribution in [0.15, 0.2) is 22.7 Å². The summed E-state index contributed by atoms with van der Waals surface area (Å²) in [6, 6.07) is 4.54. The number of hydrogen-bond acceptors (Lipinski definition) is 3. The molecule has 1 heterocycles. The Morgan fingerprint density at radius 1 is 1.41 bits per heavy atom. The minimum atomic E-state index is -0.960. The predicted octanol–water partition coefficient (Wildman–Crippen LogP) is 3.74. The molecule has 0 amide bonds. The maximum Gasteiger partial charge on any atom is 0.129 e. The van der Waals surface area contributed by atoms with E-state index >= 15 is 0 Å². The lowest BCUT2D eigenvalue weighted by Gasteiger charge is -2.11. The van der Waals surface area contributed by atoms with E-state index in [0.29, 0.717) is 4.88 Å². The van der Waals surface area contributed by atoms with Crippen molar-refractivity contribution >= 4 is 27.3 Å². The standard InChI is InChI=1S/C12H11BrFNOS/c1-6-12(17-7(2)15-6)11(16)9-5-8(13)3-4-10(9)14/h3-5,11,16H,1-2H3. The van der Waals surface area contributed by atoms with Crippen molar-refractivity contribution in [1.29, 1.82) is 0 Å². The van der Waals surface area contributed by atoms with Gasteiger partial charge in [-0.2, -0.15) is 0 Å². The molecule has 1 unspecified atom stereocenters. The summed E-state index contributed by atoms with van der Waals surface area (Å²) in [5.74, 6) is -0.411. The number of aromatic nitrogens is 1. The van der Waals surface area contributed by atoms with E-state index in [0.717, 1.165) is 15.2 Å². The molecule has 2 nitrogen and oxygen atoms in total. The first-order valence-corrected chi connectivity index (χ1v) is 6.67. The van der Waals surface area contributed by atoms with Gasteiger partial charge in [-0.25, -0.2) is 9.37 Å². The maximum absolute atomic E-state index is 13.6. The average molecular weight is 316 g/mol. The fourth-order valence-corrected chi connectivity index (χ4v) is 2.98. The normalized spacial score (nSPS) is 12.8. The topological polar surface area (TPSA) is 33.1 Å². The number of aryl methyl sites for hydroxylation is 2. The summed E-state index contributed by atoms with van der Waals surface area (Å²) in [6.07, 6.45) is -0.960. The second kappa shape index (κ2) is 4.84. The molecule has 0 aliphatic carbocycles. The van der Waals surface area contributed by atoms with E-state index in [-0.39, 0.29) is 5.56 Å². The molecular weight excluding hydrogens is 305 g/mol. The van der Waals surface area contributed by atoms with Crippen molar-refractivity contribution in [3.8, 4) is 0 Å². The predicted molar refractivity (Wildman–Crippen MR) is 69.7 cm³/mol. The number of benzene rings is 1. The van der Waals surface area contributed by atoms with Gasteiger partial charge in [-0.3, -0.25) is 0 Å². The molecule has 0 fully saturated rings. The Kier molecular flexibility index (Phi) is 3.61. The maximum atomic E-state index is 13.6. The average Bonchev–Trinajstić information content (AvgIpc) is 2.60. The molecule has 2 aromatic rings. The highest BCUT2D eigenvalue weighted by Crippen LogP contribution is 2.32. The van der Waals surface area contributed by atoms with Crippen LogP contribution in [-0.2, 0) is 0 Å². The lowest BCUT2D eigenvalue weighted by molar-refractivity contribution is 0.217. The summed E-state index contributed by atoms with van der Waals surface area (Å²) in [4.78, 5) is 4.93. The van der Waals surface area contributed by atoms with Crippen LogP contribution in [0.3, 0.4) is 0 Å². The van der Waals surface area contributed by atoms with Crippen molar-refractivity contribution in [2.75, 3.05) is 0 Å². The number of aliphatic hydroxyl groups is 1. The fourth-order valence-electron chi connectivity index (χ4n) is 1.67. The van der Waals surface area contributed by atoms with Crippen molar-refractivity contribution in [3.05, 3.63) is 49.6 Å². The van der Waals surface area contributed by atoms with Crippen LogP contribution in [0.2, 0.25) is 0 Å². The quantitative estimate of drug-likeness (QED) is 0.915. The molecule has 0 aliphatic rings. The van der Waals surface area contributed by atoms with E-state index in [2.05, 4.69) is 20.9 Å². The first kappa shape index (κ1) is 12.7. The van der Waals surface area contributed by atoms with Crippen molar-refractivity contribution in [3.63, 3.8) is 0 Å². The summed E-state index contributed by atoms with van der Waals surface area (Å²) in [7, 11) is 0. The van der Waals surface area contributed by atoms with Crippen LogP contribution < -0.4 is 0 Å². The Labute approximate surface area is 111 Å². The van der Waals surface area contributed by atoms with Gasteiger partial charge in [-0.1, -0.05) is 15.9 Å². The van der Waals surface area contributed by atoms with Gasteiger partial charge in [0.2, 0.25) is 0 Å². The lowest BCUT2D eigenvalue weighted by Crippen LogP contribution is -2.02. The van der Waals surface area contributed by atoms with Crippen LogP contribution in [-0.4, -0.2) is 10.1 Å². The van der Waals surface area contributed by atoms with Gasteiger partial charge in [0.25, 0.3) is 0 Å². The Hall–Kier alpha value is -0.780. The van der Waals surface area contributed by atoms with Gasteiger partial charge < -0.3 is 5.11 Å². The third-order valence-electron chi connectivity index (χ3n) is 2.44. The number of halogens is 2. The third-order valence-corrected chi connectivity index (χ3v) is 4.06. The van der Waals surface area contributed by atoms with Crippen LogP contribution in [0.5, 0.6) is 0 Å². The van der Waals surface area contributed by atoms with Crippen LogP contribution in [0.4, 0.5) is 4.39 Å². The molecule has 0 radical (unpaired) electrons. The van der Waals surface area contributed by atoms with Crippen molar-refractivity contribution in [1.82, 2.24) is 4.98 Å². The number of hydrogen-bond donors (Lipinski definition) is 1. The van der Waals surface area contributed by atoms with Gasteiger partial charge in [0.1, 0.15) is 11.9 Å². The SMILES string of the molecule is Cc1nc(C)c(C(O)c2cc(Br)ccc2F)s1. The molecule has 0 saturated carbocycles. The minimum Gasteiger partial charge on any atom is -0.383 e. The zero-order chi connectivity index (χ0) is 12.6. The van der Waals surface area contributed by atoms with Gasteiger partial charge in [0, 0.05) is 10.0 Å². The number of aliphatic hydroxyl groups excluding tert-OH is 1. The molecular formula is C12H11BrFNOS.